The Kier molecular flexibility index (Phi) is 4.54. The summed E-state index contributed by atoms with van der Waals surface area (Å²) >= 11 is 1.89. The van der Waals surface area contributed by atoms with Crippen LogP contribution in [0.15, 0.2) is 0 Å². The molecule has 1 aromatic rings. The zero-order valence-electron chi connectivity index (χ0n) is 11.1. The Morgan fingerprint density at radius 3 is 2.76 bits per heavy atom. The predicted molar refractivity (Wildman–Crippen MR) is 73.5 cm³/mol. The second-order valence-corrected chi connectivity index (χ2v) is 6.27. The molecule has 2 rings (SSSR count). The normalized spacial score (nSPS) is 15.8. The Labute approximate surface area is 108 Å². The van der Waals surface area contributed by atoms with E-state index in [1.54, 1.807) is 0 Å². The van der Waals surface area contributed by atoms with E-state index >= 15 is 0 Å². The average molecular weight is 253 g/mol. The maximum absolute atomic E-state index is 4.83. The number of aromatic nitrogens is 1. The second kappa shape index (κ2) is 5.94. The van der Waals surface area contributed by atoms with E-state index < -0.39 is 0 Å². The van der Waals surface area contributed by atoms with Crippen LogP contribution in [0.4, 0.5) is 0 Å². The lowest BCUT2D eigenvalue weighted by molar-refractivity contribution is 0.401. The molecule has 1 aromatic heterocycles. The first-order valence-corrected chi connectivity index (χ1v) is 7.36. The van der Waals surface area contributed by atoms with Crippen molar-refractivity contribution in [2.24, 2.45) is 0 Å². The van der Waals surface area contributed by atoms with Gasteiger partial charge < -0.3 is 10.2 Å². The van der Waals surface area contributed by atoms with E-state index in [2.05, 4.69) is 31.2 Å². The molecule has 1 N–H and O–H groups in total. The first kappa shape index (κ1) is 13.0. The van der Waals surface area contributed by atoms with Gasteiger partial charge in [-0.3, -0.25) is 0 Å². The molecule has 0 aliphatic heterocycles. The highest BCUT2D eigenvalue weighted by atomic mass is 32.1. The standard InChI is InChI=1S/C13H23N3S/c1-4-7-14-8-11-13(10-5-6-10)15-12(17-11)9-16(2)3/h10,14H,4-9H2,1-3H3. The molecule has 1 heterocycles. The number of nitrogens with zero attached hydrogens (tertiary/aromatic N) is 2. The first-order chi connectivity index (χ1) is 8.20. The Morgan fingerprint density at radius 2 is 2.18 bits per heavy atom. The summed E-state index contributed by atoms with van der Waals surface area (Å²) in [6, 6.07) is 0. The third-order valence-corrected chi connectivity index (χ3v) is 3.96. The van der Waals surface area contributed by atoms with Crippen LogP contribution in [0.5, 0.6) is 0 Å². The summed E-state index contributed by atoms with van der Waals surface area (Å²) in [5, 5.41) is 4.77. The van der Waals surface area contributed by atoms with Gasteiger partial charge in [0.05, 0.1) is 5.69 Å². The molecule has 1 aliphatic carbocycles. The first-order valence-electron chi connectivity index (χ1n) is 6.54. The van der Waals surface area contributed by atoms with Gasteiger partial charge >= 0.3 is 0 Å². The molecular weight excluding hydrogens is 230 g/mol. The monoisotopic (exact) mass is 253 g/mol. The van der Waals surface area contributed by atoms with Crippen molar-refractivity contribution in [1.29, 1.82) is 0 Å². The minimum absolute atomic E-state index is 0.764. The van der Waals surface area contributed by atoms with Gasteiger partial charge in [0.1, 0.15) is 5.01 Å². The molecule has 96 valence electrons. The molecule has 17 heavy (non-hydrogen) atoms. The second-order valence-electron chi connectivity index (χ2n) is 5.10. The van der Waals surface area contributed by atoms with Crippen LogP contribution in [0.1, 0.15) is 47.7 Å². The minimum atomic E-state index is 0.764. The number of rotatable bonds is 7. The molecule has 0 saturated heterocycles. The van der Waals surface area contributed by atoms with Crippen LogP contribution < -0.4 is 5.32 Å². The fourth-order valence-electron chi connectivity index (χ4n) is 1.93. The maximum atomic E-state index is 4.83. The highest BCUT2D eigenvalue weighted by Crippen LogP contribution is 2.42. The van der Waals surface area contributed by atoms with Gasteiger partial charge in [0.25, 0.3) is 0 Å². The average Bonchev–Trinajstić information content (AvgIpc) is 3.02. The topological polar surface area (TPSA) is 28.2 Å². The Morgan fingerprint density at radius 1 is 1.41 bits per heavy atom. The van der Waals surface area contributed by atoms with Crippen LogP contribution in [0.2, 0.25) is 0 Å². The smallest absolute Gasteiger partial charge is 0.107 e. The van der Waals surface area contributed by atoms with Gasteiger partial charge in [-0.1, -0.05) is 6.92 Å². The van der Waals surface area contributed by atoms with E-state index in [4.69, 9.17) is 4.98 Å². The van der Waals surface area contributed by atoms with Crippen molar-refractivity contribution in [3.8, 4) is 0 Å². The van der Waals surface area contributed by atoms with E-state index in [1.165, 1.54) is 34.8 Å². The van der Waals surface area contributed by atoms with Gasteiger partial charge in [0, 0.05) is 23.9 Å². The fraction of sp³-hybridized carbons (Fsp3) is 0.769. The molecule has 3 nitrogen and oxygen atoms in total. The van der Waals surface area contributed by atoms with Crippen LogP contribution in [0.3, 0.4) is 0 Å². The van der Waals surface area contributed by atoms with Crippen LogP contribution in [-0.4, -0.2) is 30.5 Å². The lowest BCUT2D eigenvalue weighted by Gasteiger charge is -2.04. The van der Waals surface area contributed by atoms with Crippen molar-refractivity contribution < 1.29 is 0 Å². The van der Waals surface area contributed by atoms with Gasteiger partial charge in [-0.25, -0.2) is 4.98 Å². The SMILES string of the molecule is CCCNCc1sc(CN(C)C)nc1C1CC1. The van der Waals surface area contributed by atoms with Gasteiger partial charge in [0.2, 0.25) is 0 Å². The molecule has 1 fully saturated rings. The summed E-state index contributed by atoms with van der Waals surface area (Å²) in [6.07, 6.45) is 3.87. The van der Waals surface area contributed by atoms with Crippen molar-refractivity contribution in [3.05, 3.63) is 15.6 Å². The van der Waals surface area contributed by atoms with E-state index in [0.717, 1.165) is 25.6 Å². The summed E-state index contributed by atoms with van der Waals surface area (Å²) in [5.74, 6) is 0.764. The number of hydrogen-bond donors (Lipinski definition) is 1. The molecular formula is C13H23N3S. The van der Waals surface area contributed by atoms with Gasteiger partial charge in [-0.05, 0) is 39.9 Å². The van der Waals surface area contributed by atoms with Crippen molar-refractivity contribution >= 4 is 11.3 Å². The van der Waals surface area contributed by atoms with Gasteiger partial charge in [-0.15, -0.1) is 11.3 Å². The maximum Gasteiger partial charge on any atom is 0.107 e. The lowest BCUT2D eigenvalue weighted by Crippen LogP contribution is -2.13. The highest BCUT2D eigenvalue weighted by Gasteiger charge is 2.29. The van der Waals surface area contributed by atoms with Crippen molar-refractivity contribution in [1.82, 2.24) is 15.2 Å². The molecule has 0 radical (unpaired) electrons. The van der Waals surface area contributed by atoms with E-state index in [0.29, 0.717) is 0 Å². The van der Waals surface area contributed by atoms with E-state index in [9.17, 15) is 0 Å². The third-order valence-electron chi connectivity index (χ3n) is 2.90. The molecule has 0 atom stereocenters. The van der Waals surface area contributed by atoms with Crippen molar-refractivity contribution in [2.45, 2.75) is 45.2 Å². The highest BCUT2D eigenvalue weighted by molar-refractivity contribution is 7.11. The zero-order valence-corrected chi connectivity index (χ0v) is 11.9. The molecule has 4 heteroatoms. The molecule has 0 bridgehead atoms. The summed E-state index contributed by atoms with van der Waals surface area (Å²) in [4.78, 5) is 8.49. The van der Waals surface area contributed by atoms with Crippen LogP contribution in [-0.2, 0) is 13.1 Å². The lowest BCUT2D eigenvalue weighted by atomic mass is 10.2. The Balaban J connectivity index is 2.02. The quantitative estimate of drug-likeness (QED) is 0.757. The molecule has 1 aliphatic rings. The van der Waals surface area contributed by atoms with E-state index in [-0.39, 0.29) is 0 Å². The number of hydrogen-bond acceptors (Lipinski definition) is 4. The number of nitrogens with one attached hydrogen (secondary N) is 1. The zero-order chi connectivity index (χ0) is 12.3. The molecule has 0 aromatic carbocycles. The van der Waals surface area contributed by atoms with Gasteiger partial charge in [-0.2, -0.15) is 0 Å². The molecule has 1 saturated carbocycles. The number of thiazole rings is 1. The molecule has 0 spiro atoms. The molecule has 0 amide bonds. The summed E-state index contributed by atoms with van der Waals surface area (Å²) in [6.45, 7) is 5.28. The Bertz CT molecular complexity index is 356. The summed E-state index contributed by atoms with van der Waals surface area (Å²) in [7, 11) is 4.21. The van der Waals surface area contributed by atoms with Gasteiger partial charge in [0.15, 0.2) is 0 Å². The third kappa shape index (κ3) is 3.76. The van der Waals surface area contributed by atoms with Crippen LogP contribution >= 0.6 is 11.3 Å². The predicted octanol–water partition coefficient (Wildman–Crippen LogP) is 2.58. The fourth-order valence-corrected chi connectivity index (χ4v) is 3.18. The summed E-state index contributed by atoms with van der Waals surface area (Å²) in [5.41, 5.74) is 1.38. The van der Waals surface area contributed by atoms with E-state index in [1.807, 2.05) is 11.3 Å². The Hall–Kier alpha value is -0.450. The largest absolute Gasteiger partial charge is 0.312 e. The minimum Gasteiger partial charge on any atom is -0.312 e. The van der Waals surface area contributed by atoms with Crippen LogP contribution in [0.25, 0.3) is 0 Å². The molecule has 0 unspecified atom stereocenters. The van der Waals surface area contributed by atoms with Crippen LogP contribution in [0, 0.1) is 0 Å². The summed E-state index contributed by atoms with van der Waals surface area (Å²) < 4.78 is 0. The van der Waals surface area contributed by atoms with Crippen molar-refractivity contribution in [2.75, 3.05) is 20.6 Å². The van der Waals surface area contributed by atoms with Crippen molar-refractivity contribution in [3.63, 3.8) is 0 Å².